The van der Waals surface area contributed by atoms with Crippen molar-refractivity contribution in [2.45, 2.75) is 6.54 Å². The molecule has 3 rings (SSSR count). The second kappa shape index (κ2) is 7.28. The minimum absolute atomic E-state index is 0.338. The van der Waals surface area contributed by atoms with Gasteiger partial charge in [0.15, 0.2) is 11.5 Å². The molecule has 2 aromatic heterocycles. The number of benzene rings is 1. The maximum Gasteiger partial charge on any atom is 0.270 e. The molecule has 0 amide bonds. The molecule has 0 aliphatic heterocycles. The molecule has 3 aromatic rings. The predicted molar refractivity (Wildman–Crippen MR) is 100 cm³/mol. The van der Waals surface area contributed by atoms with Gasteiger partial charge in [-0.25, -0.2) is 9.97 Å². The topological polar surface area (TPSA) is 71.2 Å². The summed E-state index contributed by atoms with van der Waals surface area (Å²) in [7, 11) is 7.86. The minimum Gasteiger partial charge on any atom is -0.414 e. The molecule has 7 nitrogen and oxygen atoms in total. The molecule has 0 saturated heterocycles. The molecule has 0 aliphatic carbocycles. The van der Waals surface area contributed by atoms with Crippen LogP contribution in [0.1, 0.15) is 5.56 Å². The van der Waals surface area contributed by atoms with Crippen LogP contribution in [0.3, 0.4) is 0 Å². The fourth-order valence-corrected chi connectivity index (χ4v) is 2.67. The molecule has 2 heterocycles. The van der Waals surface area contributed by atoms with Gasteiger partial charge in [-0.1, -0.05) is 12.1 Å². The lowest BCUT2D eigenvalue weighted by molar-refractivity contribution is 0.402. The van der Waals surface area contributed by atoms with Crippen LogP contribution in [0.2, 0.25) is 0 Å². The van der Waals surface area contributed by atoms with Crippen LogP contribution in [-0.2, 0) is 6.54 Å². The average Bonchev–Trinajstić information content (AvgIpc) is 3.04. The molecule has 1 aromatic carbocycles. The van der Waals surface area contributed by atoms with E-state index in [2.05, 4.69) is 53.1 Å². The summed E-state index contributed by atoms with van der Waals surface area (Å²) < 4.78 is 6.45. The molecule has 8 heteroatoms. The quantitative estimate of drug-likeness (QED) is 0.648. The van der Waals surface area contributed by atoms with E-state index in [1.54, 1.807) is 6.20 Å². The predicted octanol–water partition coefficient (Wildman–Crippen LogP) is 3.08. The van der Waals surface area contributed by atoms with Crippen molar-refractivity contribution >= 4 is 21.7 Å². The largest absolute Gasteiger partial charge is 0.414 e. The Morgan fingerprint density at radius 2 is 1.68 bits per heavy atom. The zero-order valence-electron chi connectivity index (χ0n) is 14.6. The highest BCUT2D eigenvalue weighted by atomic mass is 79.9. The van der Waals surface area contributed by atoms with Gasteiger partial charge in [-0.15, -0.1) is 10.2 Å². The van der Waals surface area contributed by atoms with Crippen LogP contribution in [0.25, 0.3) is 23.0 Å². The minimum atomic E-state index is 0.338. The molecule has 0 saturated carbocycles. The zero-order valence-corrected chi connectivity index (χ0v) is 16.1. The lowest BCUT2D eigenvalue weighted by atomic mass is 10.1. The lowest BCUT2D eigenvalue weighted by Crippen LogP contribution is -2.13. The summed E-state index contributed by atoms with van der Waals surface area (Å²) >= 11 is 3.34. The molecule has 130 valence electrons. The molecule has 0 spiro atoms. The Kier molecular flexibility index (Phi) is 5.10. The van der Waals surface area contributed by atoms with Crippen molar-refractivity contribution in [1.82, 2.24) is 25.1 Å². The summed E-state index contributed by atoms with van der Waals surface area (Å²) in [4.78, 5) is 12.8. The van der Waals surface area contributed by atoms with Gasteiger partial charge in [-0.3, -0.25) is 0 Å². The van der Waals surface area contributed by atoms with Crippen molar-refractivity contribution < 1.29 is 4.42 Å². The molecule has 0 bridgehead atoms. The summed E-state index contributed by atoms with van der Waals surface area (Å²) in [5, 5.41) is 8.30. The maximum atomic E-state index is 5.84. The van der Waals surface area contributed by atoms with Crippen molar-refractivity contribution in [3.8, 4) is 23.0 Å². The monoisotopic (exact) mass is 402 g/mol. The van der Waals surface area contributed by atoms with E-state index >= 15 is 0 Å². The van der Waals surface area contributed by atoms with Crippen molar-refractivity contribution in [2.24, 2.45) is 0 Å². The van der Waals surface area contributed by atoms with E-state index in [9.17, 15) is 0 Å². The van der Waals surface area contributed by atoms with Crippen molar-refractivity contribution in [3.63, 3.8) is 0 Å². The Hall–Kier alpha value is -2.32. The first-order chi connectivity index (χ1) is 11.9. The third kappa shape index (κ3) is 4.02. The van der Waals surface area contributed by atoms with Gasteiger partial charge in [-0.2, -0.15) is 0 Å². The second-order valence-corrected chi connectivity index (χ2v) is 6.92. The van der Waals surface area contributed by atoms with E-state index in [1.165, 1.54) is 5.56 Å². The van der Waals surface area contributed by atoms with Crippen molar-refractivity contribution in [3.05, 3.63) is 40.6 Å². The summed E-state index contributed by atoms with van der Waals surface area (Å²) in [5.74, 6) is 1.46. The highest BCUT2D eigenvalue weighted by molar-refractivity contribution is 9.10. The summed E-state index contributed by atoms with van der Waals surface area (Å²) in [6.45, 7) is 0.884. The second-order valence-electron chi connectivity index (χ2n) is 6.11. The normalized spacial score (nSPS) is 11.1. The third-order valence-corrected chi connectivity index (χ3v) is 3.86. The molecule has 0 N–H and O–H groups in total. The number of hydrogen-bond donors (Lipinski definition) is 0. The maximum absolute atomic E-state index is 5.84. The first-order valence-corrected chi connectivity index (χ1v) is 8.51. The van der Waals surface area contributed by atoms with Crippen LogP contribution in [0, 0.1) is 0 Å². The number of anilines is 1. The van der Waals surface area contributed by atoms with Gasteiger partial charge in [0.2, 0.25) is 5.89 Å². The number of halogens is 1. The smallest absolute Gasteiger partial charge is 0.270 e. The summed E-state index contributed by atoms with van der Waals surface area (Å²) in [6.07, 6.45) is 1.64. The average molecular weight is 403 g/mol. The summed E-state index contributed by atoms with van der Waals surface area (Å²) in [5.41, 5.74) is 2.64. The summed E-state index contributed by atoms with van der Waals surface area (Å²) in [6, 6.07) is 8.08. The van der Waals surface area contributed by atoms with Crippen molar-refractivity contribution in [2.75, 3.05) is 33.1 Å². The van der Waals surface area contributed by atoms with Crippen LogP contribution in [0.4, 0.5) is 5.82 Å². The fraction of sp³-hybridized carbons (Fsp3) is 0.294. The van der Waals surface area contributed by atoms with E-state index in [0.29, 0.717) is 27.9 Å². The van der Waals surface area contributed by atoms with Gasteiger partial charge >= 0.3 is 0 Å². The van der Waals surface area contributed by atoms with Crippen LogP contribution >= 0.6 is 15.9 Å². The Morgan fingerprint density at radius 3 is 2.32 bits per heavy atom. The van der Waals surface area contributed by atoms with E-state index in [4.69, 9.17) is 4.42 Å². The molecule has 0 radical (unpaired) electrons. The molecule has 0 unspecified atom stereocenters. The van der Waals surface area contributed by atoms with Crippen LogP contribution < -0.4 is 4.90 Å². The number of aromatic nitrogens is 4. The highest BCUT2D eigenvalue weighted by Crippen LogP contribution is 2.29. The molecule has 0 fully saturated rings. The van der Waals surface area contributed by atoms with E-state index in [0.717, 1.165) is 12.1 Å². The fourth-order valence-electron chi connectivity index (χ4n) is 2.39. The van der Waals surface area contributed by atoms with Gasteiger partial charge in [0.05, 0.1) is 6.20 Å². The van der Waals surface area contributed by atoms with Gasteiger partial charge < -0.3 is 14.2 Å². The highest BCUT2D eigenvalue weighted by Gasteiger charge is 2.18. The number of hydrogen-bond acceptors (Lipinski definition) is 7. The first kappa shape index (κ1) is 17.5. The number of nitrogens with zero attached hydrogens (tertiary/aromatic N) is 6. The van der Waals surface area contributed by atoms with Gasteiger partial charge in [-0.05, 0) is 47.7 Å². The molecular weight excluding hydrogens is 384 g/mol. The Balaban J connectivity index is 1.92. The van der Waals surface area contributed by atoms with Crippen molar-refractivity contribution in [1.29, 1.82) is 0 Å². The number of rotatable bonds is 5. The van der Waals surface area contributed by atoms with E-state index in [1.807, 2.05) is 45.2 Å². The van der Waals surface area contributed by atoms with Crippen LogP contribution in [-0.4, -0.2) is 53.3 Å². The van der Waals surface area contributed by atoms with Gasteiger partial charge in [0, 0.05) is 26.2 Å². The SMILES string of the molecule is CN(C)Cc1ccc(-c2nnc(-c3nc(Br)cnc3N(C)C)o2)cc1. The van der Waals surface area contributed by atoms with Gasteiger partial charge in [0.1, 0.15) is 4.60 Å². The molecule has 0 aliphatic rings. The lowest BCUT2D eigenvalue weighted by Gasteiger charge is -2.13. The van der Waals surface area contributed by atoms with Crippen LogP contribution in [0.15, 0.2) is 39.5 Å². The zero-order chi connectivity index (χ0) is 18.0. The third-order valence-electron chi connectivity index (χ3n) is 3.47. The van der Waals surface area contributed by atoms with Crippen LogP contribution in [0.5, 0.6) is 0 Å². The molecule has 0 atom stereocenters. The Morgan fingerprint density at radius 1 is 1.00 bits per heavy atom. The Bertz CT molecular complexity index is 860. The Labute approximate surface area is 154 Å². The first-order valence-electron chi connectivity index (χ1n) is 7.72. The molecular formula is C17H19BrN6O. The van der Waals surface area contributed by atoms with E-state index in [-0.39, 0.29) is 0 Å². The van der Waals surface area contributed by atoms with Gasteiger partial charge in [0.25, 0.3) is 5.89 Å². The van der Waals surface area contributed by atoms with E-state index < -0.39 is 0 Å². The molecule has 25 heavy (non-hydrogen) atoms. The standard InChI is InChI=1S/C17H19BrN6O/c1-23(2)10-11-5-7-12(8-6-11)16-21-22-17(25-16)14-15(24(3)4)19-9-13(18)20-14/h5-9H,10H2,1-4H3.